The number of nitrogens with zero attached hydrogens (tertiary/aromatic N) is 2. The lowest BCUT2D eigenvalue weighted by Crippen LogP contribution is -2.38. The van der Waals surface area contributed by atoms with Gasteiger partial charge in [0, 0.05) is 31.0 Å². The Bertz CT molecular complexity index is 437. The summed E-state index contributed by atoms with van der Waals surface area (Å²) in [6, 6.07) is 0. The third-order valence-corrected chi connectivity index (χ3v) is 4.03. The van der Waals surface area contributed by atoms with Crippen molar-refractivity contribution in [2.45, 2.75) is 40.5 Å². The Kier molecular flexibility index (Phi) is 12.8. The molecule has 0 aliphatic heterocycles. The molecule has 5 nitrogen and oxygen atoms in total. The van der Waals surface area contributed by atoms with Crippen LogP contribution >= 0.6 is 35.3 Å². The predicted molar refractivity (Wildman–Crippen MR) is 106 cm³/mol. The zero-order chi connectivity index (χ0) is 15.5. The first kappa shape index (κ1) is 21.6. The van der Waals surface area contributed by atoms with Crippen LogP contribution in [0.4, 0.5) is 0 Å². The first-order valence-electron chi connectivity index (χ1n) is 7.76. The molecule has 0 saturated carbocycles. The maximum absolute atomic E-state index is 5.29. The van der Waals surface area contributed by atoms with Crippen molar-refractivity contribution in [2.24, 2.45) is 4.99 Å². The highest BCUT2D eigenvalue weighted by Gasteiger charge is 2.05. The van der Waals surface area contributed by atoms with E-state index in [9.17, 15) is 0 Å². The van der Waals surface area contributed by atoms with E-state index in [4.69, 9.17) is 4.74 Å². The summed E-state index contributed by atoms with van der Waals surface area (Å²) in [6.45, 7) is 12.1. The first-order valence-corrected chi connectivity index (χ1v) is 8.57. The molecule has 2 N–H and O–H groups in total. The third kappa shape index (κ3) is 8.28. The standard InChI is InChI=1S/C15H28N4OS.HI/c1-5-13-12(4)21-14(19-13)8-9-17-15(16-6-2)18-10-11-20-7-3;/h5-11H2,1-4H3,(H2,16,17,18);1H. The van der Waals surface area contributed by atoms with Crippen LogP contribution in [0.5, 0.6) is 0 Å². The zero-order valence-corrected chi connectivity index (χ0v) is 17.2. The van der Waals surface area contributed by atoms with Crippen molar-refractivity contribution >= 4 is 41.3 Å². The lowest BCUT2D eigenvalue weighted by molar-refractivity contribution is 0.155. The molecule has 7 heteroatoms. The third-order valence-electron chi connectivity index (χ3n) is 2.96. The summed E-state index contributed by atoms with van der Waals surface area (Å²) in [5.41, 5.74) is 1.23. The summed E-state index contributed by atoms with van der Waals surface area (Å²) >= 11 is 1.80. The van der Waals surface area contributed by atoms with E-state index in [-0.39, 0.29) is 24.0 Å². The Hall–Kier alpha value is -0.410. The minimum absolute atomic E-state index is 0. The molecule has 22 heavy (non-hydrogen) atoms. The van der Waals surface area contributed by atoms with E-state index < -0.39 is 0 Å². The summed E-state index contributed by atoms with van der Waals surface area (Å²) in [5, 5.41) is 7.78. The first-order chi connectivity index (χ1) is 10.2. The van der Waals surface area contributed by atoms with Gasteiger partial charge in [0.25, 0.3) is 0 Å². The fraction of sp³-hybridized carbons (Fsp3) is 0.733. The van der Waals surface area contributed by atoms with E-state index in [0.717, 1.165) is 38.5 Å². The van der Waals surface area contributed by atoms with Crippen molar-refractivity contribution in [2.75, 3.05) is 32.8 Å². The van der Waals surface area contributed by atoms with Crippen LogP contribution in [0.1, 0.15) is 36.3 Å². The largest absolute Gasteiger partial charge is 0.380 e. The molecule has 0 spiro atoms. The van der Waals surface area contributed by atoms with E-state index in [1.807, 2.05) is 6.92 Å². The van der Waals surface area contributed by atoms with Crippen LogP contribution in [0.2, 0.25) is 0 Å². The highest BCUT2D eigenvalue weighted by Crippen LogP contribution is 2.17. The van der Waals surface area contributed by atoms with Crippen molar-refractivity contribution in [3.05, 3.63) is 15.6 Å². The smallest absolute Gasteiger partial charge is 0.191 e. The molecule has 1 heterocycles. The van der Waals surface area contributed by atoms with Gasteiger partial charge in [-0.2, -0.15) is 0 Å². The molecule has 0 saturated heterocycles. The summed E-state index contributed by atoms with van der Waals surface area (Å²) in [4.78, 5) is 10.5. The van der Waals surface area contributed by atoms with Gasteiger partial charge in [0.05, 0.1) is 23.9 Å². The van der Waals surface area contributed by atoms with Gasteiger partial charge in [-0.05, 0) is 27.2 Å². The summed E-state index contributed by atoms with van der Waals surface area (Å²) < 4.78 is 5.29. The number of rotatable bonds is 9. The van der Waals surface area contributed by atoms with E-state index in [1.165, 1.54) is 15.6 Å². The molecule has 0 atom stereocenters. The van der Waals surface area contributed by atoms with Crippen LogP contribution in [-0.2, 0) is 17.6 Å². The molecule has 0 radical (unpaired) electrons. The van der Waals surface area contributed by atoms with Gasteiger partial charge in [-0.25, -0.2) is 4.98 Å². The fourth-order valence-corrected chi connectivity index (χ4v) is 2.94. The molecular formula is C15H29IN4OS. The number of aromatic nitrogens is 1. The summed E-state index contributed by atoms with van der Waals surface area (Å²) in [7, 11) is 0. The lowest BCUT2D eigenvalue weighted by Gasteiger charge is -2.10. The summed E-state index contributed by atoms with van der Waals surface area (Å²) in [6.07, 6.45) is 1.94. The number of aryl methyl sites for hydroxylation is 2. The predicted octanol–water partition coefficient (Wildman–Crippen LogP) is 2.77. The molecule has 0 amide bonds. The van der Waals surface area contributed by atoms with Crippen LogP contribution in [0, 0.1) is 6.92 Å². The van der Waals surface area contributed by atoms with E-state index in [2.05, 4.69) is 41.4 Å². The second-order valence-corrected chi connectivity index (χ2v) is 5.89. The van der Waals surface area contributed by atoms with Crippen LogP contribution in [0.3, 0.4) is 0 Å². The van der Waals surface area contributed by atoms with E-state index in [1.54, 1.807) is 11.3 Å². The highest BCUT2D eigenvalue weighted by molar-refractivity contribution is 14.0. The minimum atomic E-state index is 0. The SMILES string of the molecule is CCNC(=NCCOCC)NCCc1nc(CC)c(C)s1.I. The van der Waals surface area contributed by atoms with Crippen molar-refractivity contribution in [1.82, 2.24) is 15.6 Å². The maximum atomic E-state index is 5.29. The van der Waals surface area contributed by atoms with Gasteiger partial charge in [-0.15, -0.1) is 35.3 Å². The molecule has 0 fully saturated rings. The van der Waals surface area contributed by atoms with Crippen LogP contribution in [0.25, 0.3) is 0 Å². The van der Waals surface area contributed by atoms with Crippen molar-refractivity contribution in [3.63, 3.8) is 0 Å². The molecule has 0 unspecified atom stereocenters. The van der Waals surface area contributed by atoms with Crippen molar-refractivity contribution in [3.8, 4) is 0 Å². The number of aliphatic imine (C=N–C) groups is 1. The number of hydrogen-bond donors (Lipinski definition) is 2. The number of thiazole rings is 1. The molecule has 0 bridgehead atoms. The Labute approximate surface area is 155 Å². The zero-order valence-electron chi connectivity index (χ0n) is 14.1. The minimum Gasteiger partial charge on any atom is -0.380 e. The normalized spacial score (nSPS) is 11.2. The number of guanidine groups is 1. The van der Waals surface area contributed by atoms with Crippen LogP contribution < -0.4 is 10.6 Å². The lowest BCUT2D eigenvalue weighted by atomic mass is 10.3. The van der Waals surface area contributed by atoms with Crippen LogP contribution in [-0.4, -0.2) is 43.8 Å². The van der Waals surface area contributed by atoms with E-state index in [0.29, 0.717) is 13.2 Å². The van der Waals surface area contributed by atoms with Gasteiger partial charge in [-0.3, -0.25) is 4.99 Å². The van der Waals surface area contributed by atoms with Gasteiger partial charge >= 0.3 is 0 Å². The topological polar surface area (TPSA) is 58.5 Å². The Morgan fingerprint density at radius 3 is 2.64 bits per heavy atom. The Morgan fingerprint density at radius 1 is 1.27 bits per heavy atom. The number of nitrogens with one attached hydrogen (secondary N) is 2. The fourth-order valence-electron chi connectivity index (χ4n) is 1.92. The molecule has 1 aromatic heterocycles. The number of halogens is 1. The van der Waals surface area contributed by atoms with Crippen molar-refractivity contribution in [1.29, 1.82) is 0 Å². The Balaban J connectivity index is 0.00000441. The van der Waals surface area contributed by atoms with Gasteiger partial charge in [0.15, 0.2) is 5.96 Å². The van der Waals surface area contributed by atoms with Gasteiger partial charge < -0.3 is 15.4 Å². The van der Waals surface area contributed by atoms with Gasteiger partial charge in [-0.1, -0.05) is 6.92 Å². The Morgan fingerprint density at radius 2 is 2.05 bits per heavy atom. The van der Waals surface area contributed by atoms with E-state index >= 15 is 0 Å². The molecule has 1 rings (SSSR count). The molecule has 0 aliphatic rings. The molecular weight excluding hydrogens is 411 g/mol. The maximum Gasteiger partial charge on any atom is 0.191 e. The monoisotopic (exact) mass is 440 g/mol. The molecule has 128 valence electrons. The average Bonchev–Trinajstić information content (AvgIpc) is 2.83. The number of ether oxygens (including phenoxy) is 1. The van der Waals surface area contributed by atoms with Crippen molar-refractivity contribution < 1.29 is 4.74 Å². The average molecular weight is 440 g/mol. The second-order valence-electron chi connectivity index (χ2n) is 4.60. The highest BCUT2D eigenvalue weighted by atomic mass is 127. The molecule has 1 aromatic rings. The molecule has 0 aromatic carbocycles. The second kappa shape index (κ2) is 13.1. The van der Waals surface area contributed by atoms with Crippen LogP contribution in [0.15, 0.2) is 4.99 Å². The van der Waals surface area contributed by atoms with Gasteiger partial charge in [0.2, 0.25) is 0 Å². The van der Waals surface area contributed by atoms with Gasteiger partial charge in [0.1, 0.15) is 0 Å². The quantitative estimate of drug-likeness (QED) is 0.268. The molecule has 0 aliphatic carbocycles. The number of hydrogen-bond acceptors (Lipinski definition) is 4. The summed E-state index contributed by atoms with van der Waals surface area (Å²) in [5.74, 6) is 0.848.